The molecule has 0 saturated heterocycles. The quantitative estimate of drug-likeness (QED) is 0.666. The van der Waals surface area contributed by atoms with E-state index >= 15 is 0 Å². The molecule has 0 aromatic heterocycles. The molecule has 134 valence electrons. The number of hydrogen-bond donors (Lipinski definition) is 2. The molecule has 1 amide bonds. The van der Waals surface area contributed by atoms with E-state index in [1.54, 1.807) is 0 Å². The van der Waals surface area contributed by atoms with E-state index < -0.39 is 5.82 Å². The second kappa shape index (κ2) is 8.65. The molecule has 2 aromatic rings. The fourth-order valence-electron chi connectivity index (χ4n) is 2.61. The molecule has 6 heteroatoms. The molecule has 0 unspecified atom stereocenters. The molecule has 0 bridgehead atoms. The number of nitrogens with one attached hydrogen (secondary N) is 2. The Labute approximate surface area is 157 Å². The number of halogens is 3. The first-order valence-corrected chi connectivity index (χ1v) is 8.85. The van der Waals surface area contributed by atoms with Crippen LogP contribution in [-0.2, 0) is 11.2 Å². The van der Waals surface area contributed by atoms with E-state index in [1.807, 2.05) is 39.0 Å². The molecule has 0 aliphatic heterocycles. The molecule has 2 rings (SSSR count). The Morgan fingerprint density at radius 1 is 1.24 bits per heavy atom. The van der Waals surface area contributed by atoms with Crippen LogP contribution in [0.25, 0.3) is 0 Å². The minimum absolute atomic E-state index is 0.0228. The topological polar surface area (TPSA) is 41.1 Å². The van der Waals surface area contributed by atoms with Crippen LogP contribution >= 0.6 is 23.2 Å². The third-order valence-corrected chi connectivity index (χ3v) is 4.70. The van der Waals surface area contributed by atoms with Crippen molar-refractivity contribution in [3.8, 4) is 0 Å². The second-order valence-electron chi connectivity index (χ2n) is 5.90. The summed E-state index contributed by atoms with van der Waals surface area (Å²) in [4.78, 5) is 12.3. The highest BCUT2D eigenvalue weighted by Crippen LogP contribution is 2.28. The number of anilines is 1. The summed E-state index contributed by atoms with van der Waals surface area (Å²) in [6.45, 7) is 5.90. The van der Waals surface area contributed by atoms with Crippen LogP contribution in [0.15, 0.2) is 30.3 Å². The zero-order valence-electron chi connectivity index (χ0n) is 14.4. The van der Waals surface area contributed by atoms with E-state index in [1.165, 1.54) is 12.1 Å². The number of amides is 1. The third kappa shape index (κ3) is 4.94. The first-order valence-electron chi connectivity index (χ1n) is 8.09. The molecule has 2 aromatic carbocycles. The largest absolute Gasteiger partial charge is 0.324 e. The summed E-state index contributed by atoms with van der Waals surface area (Å²) in [7, 11) is 0. The van der Waals surface area contributed by atoms with Crippen molar-refractivity contribution in [1.82, 2.24) is 5.32 Å². The summed E-state index contributed by atoms with van der Waals surface area (Å²) in [6, 6.07) is 8.29. The summed E-state index contributed by atoms with van der Waals surface area (Å²) < 4.78 is 13.6. The molecular formula is C19H21Cl2FN2O. The Hall–Kier alpha value is -1.62. The van der Waals surface area contributed by atoms with Crippen molar-refractivity contribution in [3.63, 3.8) is 0 Å². The van der Waals surface area contributed by atoms with Crippen molar-refractivity contribution in [2.45, 2.75) is 33.2 Å². The van der Waals surface area contributed by atoms with Crippen LogP contribution in [0.1, 0.15) is 36.6 Å². The van der Waals surface area contributed by atoms with E-state index in [-0.39, 0.29) is 23.5 Å². The first-order chi connectivity index (χ1) is 11.8. The van der Waals surface area contributed by atoms with Crippen LogP contribution in [0.4, 0.5) is 10.1 Å². The van der Waals surface area contributed by atoms with Gasteiger partial charge in [-0.15, -0.1) is 0 Å². The normalized spacial score (nSPS) is 12.1. The maximum Gasteiger partial charge on any atom is 0.238 e. The maximum absolute atomic E-state index is 13.6. The van der Waals surface area contributed by atoms with Crippen molar-refractivity contribution >= 4 is 34.8 Å². The lowest BCUT2D eigenvalue weighted by molar-refractivity contribution is -0.115. The average Bonchev–Trinajstić information content (AvgIpc) is 2.57. The van der Waals surface area contributed by atoms with Gasteiger partial charge in [-0.05, 0) is 49.1 Å². The summed E-state index contributed by atoms with van der Waals surface area (Å²) in [5.74, 6) is -0.701. The molecule has 1 atom stereocenters. The van der Waals surface area contributed by atoms with Gasteiger partial charge in [-0.25, -0.2) is 4.39 Å². The fraction of sp³-hybridized carbons (Fsp3) is 0.316. The Kier molecular flexibility index (Phi) is 6.82. The summed E-state index contributed by atoms with van der Waals surface area (Å²) >= 11 is 11.8. The minimum Gasteiger partial charge on any atom is -0.324 e. The van der Waals surface area contributed by atoms with E-state index in [4.69, 9.17) is 23.2 Å². The van der Waals surface area contributed by atoms with Crippen molar-refractivity contribution in [1.29, 1.82) is 0 Å². The highest BCUT2D eigenvalue weighted by Gasteiger charge is 2.15. The molecule has 0 saturated carbocycles. The zero-order valence-corrected chi connectivity index (χ0v) is 15.9. The van der Waals surface area contributed by atoms with Gasteiger partial charge in [0.15, 0.2) is 0 Å². The molecular weight excluding hydrogens is 362 g/mol. The van der Waals surface area contributed by atoms with Crippen LogP contribution in [0.2, 0.25) is 10.0 Å². The number of rotatable bonds is 6. The monoisotopic (exact) mass is 382 g/mol. The number of aryl methyl sites for hydroxylation is 2. The number of para-hydroxylation sites is 1. The van der Waals surface area contributed by atoms with Crippen LogP contribution in [-0.4, -0.2) is 12.5 Å². The van der Waals surface area contributed by atoms with Gasteiger partial charge in [-0.2, -0.15) is 0 Å². The lowest BCUT2D eigenvalue weighted by atomic mass is 10.1. The van der Waals surface area contributed by atoms with E-state index in [2.05, 4.69) is 10.6 Å². The van der Waals surface area contributed by atoms with Gasteiger partial charge in [0.25, 0.3) is 0 Å². The van der Waals surface area contributed by atoms with Gasteiger partial charge in [0.05, 0.1) is 11.6 Å². The summed E-state index contributed by atoms with van der Waals surface area (Å²) in [6.07, 6.45) is 0.834. The Bertz CT molecular complexity index is 780. The molecule has 0 aliphatic carbocycles. The molecule has 0 fully saturated rings. The highest BCUT2D eigenvalue weighted by atomic mass is 35.5. The minimum atomic E-state index is -0.535. The molecule has 0 heterocycles. The van der Waals surface area contributed by atoms with Gasteiger partial charge in [0, 0.05) is 16.8 Å². The average molecular weight is 383 g/mol. The SMILES string of the molecule is CCc1cccc(C)c1NC(=O)CN[C@@H](C)c1cc(F)c(Cl)cc1Cl. The number of carbonyl (C=O) groups is 1. The zero-order chi connectivity index (χ0) is 18.6. The number of benzene rings is 2. The smallest absolute Gasteiger partial charge is 0.238 e. The van der Waals surface area contributed by atoms with E-state index in [9.17, 15) is 9.18 Å². The lowest BCUT2D eigenvalue weighted by Crippen LogP contribution is -2.30. The Morgan fingerprint density at radius 3 is 2.64 bits per heavy atom. The van der Waals surface area contributed by atoms with Gasteiger partial charge in [0.2, 0.25) is 5.91 Å². The number of hydrogen-bond acceptors (Lipinski definition) is 2. The van der Waals surface area contributed by atoms with Gasteiger partial charge in [-0.3, -0.25) is 4.79 Å². The predicted octanol–water partition coefficient (Wildman–Crippen LogP) is 5.29. The molecule has 0 aliphatic rings. The van der Waals surface area contributed by atoms with Crippen molar-refractivity contribution in [2.75, 3.05) is 11.9 Å². The van der Waals surface area contributed by atoms with E-state index in [0.29, 0.717) is 10.6 Å². The first kappa shape index (κ1) is 19.7. The molecule has 25 heavy (non-hydrogen) atoms. The fourth-order valence-corrected chi connectivity index (χ4v) is 3.16. The highest BCUT2D eigenvalue weighted by molar-refractivity contribution is 6.35. The standard InChI is InChI=1S/C19H21Cl2FN2O/c1-4-13-7-5-6-11(2)19(13)24-18(25)10-23-12(3)14-8-17(22)16(21)9-15(14)20/h5-9,12,23H,4,10H2,1-3H3,(H,24,25)/t12-/m0/s1. The van der Waals surface area contributed by atoms with E-state index in [0.717, 1.165) is 23.2 Å². The number of carbonyl (C=O) groups excluding carboxylic acids is 1. The van der Waals surface area contributed by atoms with Crippen molar-refractivity contribution < 1.29 is 9.18 Å². The second-order valence-corrected chi connectivity index (χ2v) is 6.72. The molecule has 0 radical (unpaired) electrons. The van der Waals surface area contributed by atoms with Crippen LogP contribution in [0, 0.1) is 12.7 Å². The molecule has 0 spiro atoms. The Balaban J connectivity index is 2.02. The predicted molar refractivity (Wildman–Crippen MR) is 102 cm³/mol. The lowest BCUT2D eigenvalue weighted by Gasteiger charge is -2.17. The van der Waals surface area contributed by atoms with Gasteiger partial charge in [-0.1, -0.05) is 48.3 Å². The van der Waals surface area contributed by atoms with Gasteiger partial charge in [0.1, 0.15) is 5.82 Å². The summed E-state index contributed by atoms with van der Waals surface area (Å²) in [5, 5.41) is 6.34. The van der Waals surface area contributed by atoms with Crippen LogP contribution in [0.3, 0.4) is 0 Å². The van der Waals surface area contributed by atoms with Crippen LogP contribution < -0.4 is 10.6 Å². The molecule has 3 nitrogen and oxygen atoms in total. The van der Waals surface area contributed by atoms with Crippen LogP contribution in [0.5, 0.6) is 0 Å². The molecule has 2 N–H and O–H groups in total. The Morgan fingerprint density at radius 2 is 1.96 bits per heavy atom. The summed E-state index contributed by atoms with van der Waals surface area (Å²) in [5.41, 5.74) is 3.51. The third-order valence-electron chi connectivity index (χ3n) is 4.08. The van der Waals surface area contributed by atoms with Crippen molar-refractivity contribution in [3.05, 3.63) is 62.9 Å². The van der Waals surface area contributed by atoms with Gasteiger partial charge < -0.3 is 10.6 Å². The van der Waals surface area contributed by atoms with Gasteiger partial charge >= 0.3 is 0 Å². The maximum atomic E-state index is 13.6. The van der Waals surface area contributed by atoms with Crippen molar-refractivity contribution in [2.24, 2.45) is 0 Å².